The molecule has 1 aromatic carbocycles. The molecular formula is C19H25F3IN3O2S. The van der Waals surface area contributed by atoms with Crippen LogP contribution in [0.3, 0.4) is 0 Å². The minimum Gasteiger partial charge on any atom is -0.484 e. The number of guanidine groups is 1. The first-order valence-electron chi connectivity index (χ1n) is 8.76. The fraction of sp³-hybridized carbons (Fsp3) is 0.421. The van der Waals surface area contributed by atoms with Gasteiger partial charge in [-0.05, 0) is 43.0 Å². The zero-order valence-corrected chi connectivity index (χ0v) is 19.3. The van der Waals surface area contributed by atoms with Crippen LogP contribution in [0, 0.1) is 0 Å². The van der Waals surface area contributed by atoms with Gasteiger partial charge in [0, 0.05) is 11.4 Å². The number of hydrogen-bond acceptors (Lipinski definition) is 4. The van der Waals surface area contributed by atoms with Crippen LogP contribution in [-0.2, 0) is 12.1 Å². The highest BCUT2D eigenvalue weighted by Gasteiger charge is 2.28. The maximum atomic E-state index is 12.3. The van der Waals surface area contributed by atoms with E-state index in [0.717, 1.165) is 4.88 Å². The third kappa shape index (κ3) is 9.22. The molecular weight excluding hydrogens is 518 g/mol. The molecule has 1 heterocycles. The van der Waals surface area contributed by atoms with Crippen LogP contribution in [0.15, 0.2) is 46.8 Å². The smallest absolute Gasteiger partial charge is 0.422 e. The molecule has 1 unspecified atom stereocenters. The van der Waals surface area contributed by atoms with E-state index in [-0.39, 0.29) is 42.8 Å². The first kappa shape index (κ1) is 25.5. The average molecular weight is 543 g/mol. The van der Waals surface area contributed by atoms with Crippen LogP contribution in [0.4, 0.5) is 13.2 Å². The van der Waals surface area contributed by atoms with Crippen molar-refractivity contribution >= 4 is 41.3 Å². The van der Waals surface area contributed by atoms with Gasteiger partial charge in [-0.1, -0.05) is 18.2 Å². The number of nitrogens with one attached hydrogen (secondary N) is 2. The van der Waals surface area contributed by atoms with Gasteiger partial charge in [0.05, 0.1) is 13.1 Å². The first-order chi connectivity index (χ1) is 13.2. The molecule has 5 nitrogen and oxygen atoms in total. The quantitative estimate of drug-likeness (QED) is 0.265. The monoisotopic (exact) mass is 543 g/mol. The fourth-order valence-electron chi connectivity index (χ4n) is 2.34. The van der Waals surface area contributed by atoms with Crippen LogP contribution in [0.1, 0.15) is 24.3 Å². The topological polar surface area (TPSA) is 65.9 Å². The standard InChI is InChI=1S/C19H24F3N3O2S.HI/c1-3-23-17(25-12-18(2,26)16-8-5-9-28-16)24-11-14-6-4-7-15(10-14)27-13-19(20,21)22;/h4-10,26H,3,11-13H2,1-2H3,(H2,23,24,25);1H. The number of alkyl halides is 3. The molecule has 0 fully saturated rings. The van der Waals surface area contributed by atoms with Crippen LogP contribution in [-0.4, -0.2) is 36.9 Å². The Labute approximate surface area is 189 Å². The van der Waals surface area contributed by atoms with Gasteiger partial charge in [-0.25, -0.2) is 4.99 Å². The lowest BCUT2D eigenvalue weighted by atomic mass is 10.1. The molecule has 0 saturated carbocycles. The van der Waals surface area contributed by atoms with Gasteiger partial charge in [0.2, 0.25) is 0 Å². The molecule has 0 aliphatic carbocycles. The lowest BCUT2D eigenvalue weighted by molar-refractivity contribution is -0.153. The Hall–Kier alpha value is -1.53. The fourth-order valence-corrected chi connectivity index (χ4v) is 3.13. The van der Waals surface area contributed by atoms with E-state index >= 15 is 0 Å². The van der Waals surface area contributed by atoms with Crippen molar-refractivity contribution in [1.29, 1.82) is 0 Å². The third-order valence-corrected chi connectivity index (χ3v) is 4.84. The highest BCUT2D eigenvalue weighted by Crippen LogP contribution is 2.24. The molecule has 1 atom stereocenters. The lowest BCUT2D eigenvalue weighted by Crippen LogP contribution is -2.44. The molecule has 0 amide bonds. The number of hydrogen-bond donors (Lipinski definition) is 3. The third-order valence-electron chi connectivity index (χ3n) is 3.72. The second-order valence-corrected chi connectivity index (χ2v) is 7.30. The number of benzene rings is 1. The van der Waals surface area contributed by atoms with Crippen molar-refractivity contribution in [2.24, 2.45) is 4.99 Å². The van der Waals surface area contributed by atoms with Crippen LogP contribution >= 0.6 is 35.3 Å². The predicted octanol–water partition coefficient (Wildman–Crippen LogP) is 4.27. The normalized spacial score (nSPS) is 13.9. The number of halogens is 4. The summed E-state index contributed by atoms with van der Waals surface area (Å²) < 4.78 is 41.6. The molecule has 3 N–H and O–H groups in total. The average Bonchev–Trinajstić information content (AvgIpc) is 3.18. The highest BCUT2D eigenvalue weighted by molar-refractivity contribution is 14.0. The number of rotatable bonds is 8. The summed E-state index contributed by atoms with van der Waals surface area (Å²) in [5, 5.41) is 18.7. The van der Waals surface area contributed by atoms with Crippen molar-refractivity contribution in [1.82, 2.24) is 10.6 Å². The Bertz CT molecular complexity index is 768. The molecule has 0 aliphatic rings. The van der Waals surface area contributed by atoms with Crippen LogP contribution in [0.25, 0.3) is 0 Å². The van der Waals surface area contributed by atoms with E-state index in [9.17, 15) is 18.3 Å². The van der Waals surface area contributed by atoms with Gasteiger partial charge in [0.1, 0.15) is 11.4 Å². The maximum absolute atomic E-state index is 12.3. The van der Waals surface area contributed by atoms with Gasteiger partial charge >= 0.3 is 6.18 Å². The van der Waals surface area contributed by atoms with E-state index in [1.807, 2.05) is 24.4 Å². The summed E-state index contributed by atoms with van der Waals surface area (Å²) in [5.74, 6) is 0.643. The zero-order chi connectivity index (χ0) is 20.6. The summed E-state index contributed by atoms with van der Waals surface area (Å²) in [7, 11) is 0. The summed E-state index contributed by atoms with van der Waals surface area (Å²) >= 11 is 1.47. The predicted molar refractivity (Wildman–Crippen MR) is 120 cm³/mol. The summed E-state index contributed by atoms with van der Waals surface area (Å²) in [5.41, 5.74) is -0.336. The summed E-state index contributed by atoms with van der Waals surface area (Å²) in [6.07, 6.45) is -4.38. The SMILES string of the molecule is CCNC(=NCc1cccc(OCC(F)(F)F)c1)NCC(C)(O)c1cccs1.I. The maximum Gasteiger partial charge on any atom is 0.422 e. The van der Waals surface area contributed by atoms with Gasteiger partial charge in [-0.2, -0.15) is 13.2 Å². The van der Waals surface area contributed by atoms with E-state index in [1.165, 1.54) is 23.5 Å². The molecule has 0 aliphatic heterocycles. The van der Waals surface area contributed by atoms with E-state index in [2.05, 4.69) is 15.6 Å². The summed E-state index contributed by atoms with van der Waals surface area (Å²) in [6, 6.07) is 10.1. The second kappa shape index (κ2) is 11.6. The largest absolute Gasteiger partial charge is 0.484 e. The summed E-state index contributed by atoms with van der Waals surface area (Å²) in [6.45, 7) is 3.44. The van der Waals surface area contributed by atoms with Crippen molar-refractivity contribution in [3.63, 3.8) is 0 Å². The Kier molecular flexibility index (Phi) is 10.2. The van der Waals surface area contributed by atoms with Crippen LogP contribution in [0.5, 0.6) is 5.75 Å². The second-order valence-electron chi connectivity index (χ2n) is 6.35. The van der Waals surface area contributed by atoms with Crippen molar-refractivity contribution in [3.05, 3.63) is 52.2 Å². The van der Waals surface area contributed by atoms with Crippen LogP contribution in [0.2, 0.25) is 0 Å². The molecule has 162 valence electrons. The van der Waals surface area contributed by atoms with Crippen molar-refractivity contribution < 1.29 is 23.0 Å². The molecule has 2 aromatic rings. The van der Waals surface area contributed by atoms with Gasteiger partial charge in [-0.15, -0.1) is 35.3 Å². The lowest BCUT2D eigenvalue weighted by Gasteiger charge is -2.23. The molecule has 1 aromatic heterocycles. The van der Waals surface area contributed by atoms with E-state index in [1.54, 1.807) is 19.1 Å². The number of nitrogens with zero attached hydrogens (tertiary/aromatic N) is 1. The number of aliphatic hydroxyl groups is 1. The first-order valence-corrected chi connectivity index (χ1v) is 9.64. The van der Waals surface area contributed by atoms with E-state index < -0.39 is 18.4 Å². The van der Waals surface area contributed by atoms with Gasteiger partial charge in [0.25, 0.3) is 0 Å². The van der Waals surface area contributed by atoms with E-state index in [4.69, 9.17) is 4.74 Å². The summed E-state index contributed by atoms with van der Waals surface area (Å²) in [4.78, 5) is 5.27. The van der Waals surface area contributed by atoms with Crippen molar-refractivity contribution in [3.8, 4) is 5.75 Å². The van der Waals surface area contributed by atoms with E-state index in [0.29, 0.717) is 18.1 Å². The molecule has 0 saturated heterocycles. The Morgan fingerprint density at radius 3 is 2.59 bits per heavy atom. The molecule has 0 bridgehead atoms. The molecule has 0 spiro atoms. The number of ether oxygens (including phenoxy) is 1. The minimum atomic E-state index is -4.38. The Balaban J connectivity index is 0.00000420. The molecule has 0 radical (unpaired) electrons. The molecule has 10 heteroatoms. The minimum absolute atomic E-state index is 0. The highest BCUT2D eigenvalue weighted by atomic mass is 127. The van der Waals surface area contributed by atoms with Crippen LogP contribution < -0.4 is 15.4 Å². The van der Waals surface area contributed by atoms with Gasteiger partial charge < -0.3 is 20.5 Å². The van der Waals surface area contributed by atoms with Crippen molar-refractivity contribution in [2.75, 3.05) is 19.7 Å². The van der Waals surface area contributed by atoms with Gasteiger partial charge in [0.15, 0.2) is 12.6 Å². The molecule has 29 heavy (non-hydrogen) atoms. The number of aliphatic imine (C=N–C) groups is 1. The zero-order valence-electron chi connectivity index (χ0n) is 16.1. The van der Waals surface area contributed by atoms with Gasteiger partial charge in [-0.3, -0.25) is 0 Å². The molecule has 2 rings (SSSR count). The Morgan fingerprint density at radius 2 is 1.97 bits per heavy atom. The number of thiophene rings is 1. The van der Waals surface area contributed by atoms with Crippen molar-refractivity contribution in [2.45, 2.75) is 32.2 Å². The Morgan fingerprint density at radius 1 is 1.21 bits per heavy atom.